The minimum absolute atomic E-state index is 0.0651. The molecule has 0 unspecified atom stereocenters. The molecule has 3 aromatic heterocycles. The van der Waals surface area contributed by atoms with Gasteiger partial charge in [0, 0.05) is 83.6 Å². The van der Waals surface area contributed by atoms with Gasteiger partial charge in [-0.25, -0.2) is 15.0 Å². The highest BCUT2D eigenvalue weighted by Crippen LogP contribution is 2.46. The van der Waals surface area contributed by atoms with Gasteiger partial charge in [0.15, 0.2) is 17.5 Å². The van der Waals surface area contributed by atoms with Gasteiger partial charge in [0.05, 0.1) is 27.8 Å². The molecule has 414 valence electrons. The Balaban J connectivity index is 0.810. The second-order valence-corrected chi connectivity index (χ2v) is 23.1. The zero-order valence-corrected chi connectivity index (χ0v) is 48.2. The lowest BCUT2D eigenvalue weighted by atomic mass is 9.33. The first-order valence-corrected chi connectivity index (χ1v) is 30.4. The van der Waals surface area contributed by atoms with Crippen LogP contribution >= 0.6 is 0 Å². The van der Waals surface area contributed by atoms with Gasteiger partial charge in [-0.3, -0.25) is 0 Å². The van der Waals surface area contributed by atoms with E-state index in [4.69, 9.17) is 15.0 Å². The van der Waals surface area contributed by atoms with Gasteiger partial charge in [-0.2, -0.15) is 0 Å². The van der Waals surface area contributed by atoms with Gasteiger partial charge in [0.25, 0.3) is 6.71 Å². The number of hydrogen-bond acceptors (Lipinski definition) is 5. The standard InChI is InChI=1S/C81H52BN7/c1-5-23-55(24-6-1)79-83-80(56-25-7-2-8-26-56)85-81(84-79)58-47-48-71(89-70-38-18-14-34-63(70)66-51-65-62-33-13-17-37-69(62)86(76(65)52-77(66)89)59-28-9-3-10-29-59)64(50-58)54-45-43-53(44-46-54)57-27-21-32-61(49-57)88-73-40-20-16-36-68(73)82-67-35-15-19-39-72(67)87(60-30-11-4-12-31-60)74-41-22-42-75(88)78(74)82/h1-52H. The Morgan fingerprint density at radius 2 is 0.674 bits per heavy atom. The maximum atomic E-state index is 5.26. The van der Waals surface area contributed by atoms with E-state index in [1.165, 1.54) is 66.2 Å². The fourth-order valence-corrected chi connectivity index (χ4v) is 14.2. The number of benzene rings is 13. The molecule has 0 bridgehead atoms. The van der Waals surface area contributed by atoms with Crippen molar-refractivity contribution in [3.05, 3.63) is 315 Å². The number of fused-ring (bicyclic) bond motifs is 10. The molecule has 0 saturated heterocycles. The summed E-state index contributed by atoms with van der Waals surface area (Å²) in [5, 5.41) is 4.81. The summed E-state index contributed by atoms with van der Waals surface area (Å²) in [6.45, 7) is 0.0651. The summed E-state index contributed by atoms with van der Waals surface area (Å²) in [6.07, 6.45) is 0. The van der Waals surface area contributed by atoms with Crippen molar-refractivity contribution < 1.29 is 0 Å². The number of aromatic nitrogens is 5. The normalized spacial score (nSPS) is 12.4. The Morgan fingerprint density at radius 3 is 1.29 bits per heavy atom. The first kappa shape index (κ1) is 50.5. The third kappa shape index (κ3) is 8.11. The van der Waals surface area contributed by atoms with Crippen molar-refractivity contribution in [1.29, 1.82) is 0 Å². The van der Waals surface area contributed by atoms with Crippen LogP contribution < -0.4 is 26.2 Å². The molecule has 0 fully saturated rings. The van der Waals surface area contributed by atoms with Gasteiger partial charge in [-0.1, -0.05) is 212 Å². The van der Waals surface area contributed by atoms with E-state index in [1.54, 1.807) is 0 Å². The van der Waals surface area contributed by atoms with Crippen molar-refractivity contribution in [3.63, 3.8) is 0 Å². The molecule has 0 saturated carbocycles. The third-order valence-corrected chi connectivity index (χ3v) is 18.1. The van der Waals surface area contributed by atoms with Gasteiger partial charge in [0.1, 0.15) is 0 Å². The maximum absolute atomic E-state index is 5.26. The van der Waals surface area contributed by atoms with Crippen LogP contribution in [-0.4, -0.2) is 30.8 Å². The molecule has 0 spiro atoms. The summed E-state index contributed by atoms with van der Waals surface area (Å²) >= 11 is 0. The fraction of sp³-hybridized carbons (Fsp3) is 0. The van der Waals surface area contributed by atoms with Crippen LogP contribution in [0.25, 0.3) is 111 Å². The molecule has 0 radical (unpaired) electrons. The Kier molecular flexibility index (Phi) is 11.6. The molecule has 18 rings (SSSR count). The predicted molar refractivity (Wildman–Crippen MR) is 370 cm³/mol. The molecular formula is C81H52BN7. The van der Waals surface area contributed by atoms with Crippen LogP contribution in [0.2, 0.25) is 0 Å². The van der Waals surface area contributed by atoms with Crippen molar-refractivity contribution in [1.82, 2.24) is 24.1 Å². The fourth-order valence-electron chi connectivity index (χ4n) is 14.2. The van der Waals surface area contributed by atoms with Crippen LogP contribution in [0.5, 0.6) is 0 Å². The van der Waals surface area contributed by atoms with Crippen molar-refractivity contribution >= 4 is 101 Å². The van der Waals surface area contributed by atoms with Gasteiger partial charge in [-0.15, -0.1) is 0 Å². The van der Waals surface area contributed by atoms with E-state index in [1.807, 2.05) is 36.4 Å². The van der Waals surface area contributed by atoms with E-state index in [9.17, 15) is 0 Å². The third-order valence-electron chi connectivity index (χ3n) is 18.1. The van der Waals surface area contributed by atoms with E-state index >= 15 is 0 Å². The lowest BCUT2D eigenvalue weighted by Crippen LogP contribution is -2.61. The number of para-hydroxylation sites is 6. The van der Waals surface area contributed by atoms with Crippen LogP contribution in [0.1, 0.15) is 0 Å². The van der Waals surface area contributed by atoms with Gasteiger partial charge in [-0.05, 0) is 136 Å². The lowest BCUT2D eigenvalue weighted by molar-refractivity contribution is 1.07. The van der Waals surface area contributed by atoms with E-state index < -0.39 is 0 Å². The zero-order chi connectivity index (χ0) is 58.5. The predicted octanol–water partition coefficient (Wildman–Crippen LogP) is 18.5. The number of anilines is 6. The van der Waals surface area contributed by atoms with Crippen LogP contribution in [0.15, 0.2) is 315 Å². The van der Waals surface area contributed by atoms with Crippen LogP contribution in [0, 0.1) is 0 Å². The first-order chi connectivity index (χ1) is 44.2. The van der Waals surface area contributed by atoms with Crippen molar-refractivity contribution in [2.24, 2.45) is 0 Å². The largest absolute Gasteiger partial charge is 0.311 e. The highest BCUT2D eigenvalue weighted by molar-refractivity contribution is 7.00. The van der Waals surface area contributed by atoms with E-state index in [0.717, 1.165) is 78.2 Å². The highest BCUT2D eigenvalue weighted by Gasteiger charge is 2.43. The zero-order valence-electron chi connectivity index (χ0n) is 48.2. The molecular weight excluding hydrogens is 1080 g/mol. The van der Waals surface area contributed by atoms with Crippen LogP contribution in [0.3, 0.4) is 0 Å². The summed E-state index contributed by atoms with van der Waals surface area (Å²) in [4.78, 5) is 20.5. The van der Waals surface area contributed by atoms with Crippen molar-refractivity contribution in [2.45, 2.75) is 0 Å². The lowest BCUT2D eigenvalue weighted by Gasteiger charge is -2.44. The number of nitrogens with zero attached hydrogens (tertiary/aromatic N) is 7. The SMILES string of the molecule is c1ccc(-c2nc(-c3ccccc3)nc(-c3ccc(-n4c5ccccc5c5cc6c7ccccc7n(-c7ccccc7)c6cc54)c(-c4ccc(-c5cccc(N6c7ccccc7B7c8ccccc8N(c8ccccc8)c8cccc6c87)c5)cc4)c3)n2)cc1. The Labute approximate surface area is 515 Å². The van der Waals surface area contributed by atoms with Crippen LogP contribution in [-0.2, 0) is 0 Å². The van der Waals surface area contributed by atoms with Crippen molar-refractivity contribution in [2.75, 3.05) is 9.80 Å². The summed E-state index contributed by atoms with van der Waals surface area (Å²) < 4.78 is 4.87. The smallest absolute Gasteiger partial charge is 0.252 e. The maximum Gasteiger partial charge on any atom is 0.252 e. The van der Waals surface area contributed by atoms with Gasteiger partial charge >= 0.3 is 0 Å². The van der Waals surface area contributed by atoms with Crippen LogP contribution in [0.4, 0.5) is 34.1 Å². The van der Waals surface area contributed by atoms with Gasteiger partial charge in [0.2, 0.25) is 0 Å². The Bertz CT molecular complexity index is 5390. The molecule has 0 N–H and O–H groups in total. The minimum atomic E-state index is 0.0651. The Morgan fingerprint density at radius 1 is 0.236 bits per heavy atom. The Hall–Kier alpha value is -11.9. The van der Waals surface area contributed by atoms with E-state index in [0.29, 0.717) is 17.5 Å². The molecule has 0 aliphatic carbocycles. The number of rotatable bonds is 9. The highest BCUT2D eigenvalue weighted by atomic mass is 15.2. The molecule has 7 nitrogen and oxygen atoms in total. The molecule has 2 aliphatic rings. The monoisotopic (exact) mass is 1130 g/mol. The van der Waals surface area contributed by atoms with Crippen molar-refractivity contribution in [3.8, 4) is 67.8 Å². The minimum Gasteiger partial charge on any atom is -0.311 e. The molecule has 8 heteroatoms. The molecule has 2 aliphatic heterocycles. The first-order valence-electron chi connectivity index (χ1n) is 30.4. The average Bonchev–Trinajstić information content (AvgIpc) is 0.935. The molecule has 13 aromatic carbocycles. The van der Waals surface area contributed by atoms with Gasteiger partial charge < -0.3 is 18.9 Å². The molecule has 0 amide bonds. The summed E-state index contributed by atoms with van der Waals surface area (Å²) in [6, 6.07) is 114. The molecule has 89 heavy (non-hydrogen) atoms. The topological polar surface area (TPSA) is 55.0 Å². The summed E-state index contributed by atoms with van der Waals surface area (Å²) in [5.41, 5.74) is 24.7. The molecule has 0 atom stereocenters. The number of hydrogen-bond donors (Lipinski definition) is 0. The van der Waals surface area contributed by atoms with E-state index in [2.05, 4.69) is 298 Å². The second-order valence-electron chi connectivity index (χ2n) is 23.1. The molecule has 16 aromatic rings. The quantitative estimate of drug-likeness (QED) is 0.135. The summed E-state index contributed by atoms with van der Waals surface area (Å²) in [5.74, 6) is 1.83. The molecule has 5 heterocycles. The second kappa shape index (κ2) is 20.4. The average molecular weight is 1130 g/mol. The van der Waals surface area contributed by atoms with E-state index in [-0.39, 0.29) is 6.71 Å². The summed E-state index contributed by atoms with van der Waals surface area (Å²) in [7, 11) is 0.